The second-order valence-corrected chi connectivity index (χ2v) is 33.0. The standard InChI is InChI=1S/C78H54F6N2O14S5.4O3S/c1-43-15-16-52(37-44(43)2)46-17-21-50(22-18-46)71-69(48-11-7-5-8-12-48)73(56-28-35-65(102(87,88)89)67(41-56)104(93,94)95)72(74(70(71)49-13-9-6-10-14-49)57-29-36-66(103(90,91)92)68(42-57)105(96,97)98)51-23-19-47(20-24-51)53-25-34-64(61(39-53)78(82,83)84)100-62-32-26-54(38-45(62)3)58-30-31-59(76-75(58)85-101-86-76)55-27-33-63(99-4)60(40-55)77(79,80)81;4*1-4(2)3/h5-42H,1-4H3,(H,87,88,89)(H,90,91,92)(H,93,94,95)(H,96,97,98);;;;. The summed E-state index contributed by atoms with van der Waals surface area (Å²) >= 11 is 0.832. The molecule has 0 unspecified atom stereocenters. The molecule has 4 N–H and O–H groups in total. The van der Waals surface area contributed by atoms with Crippen LogP contribution >= 0.6 is 11.7 Å². The monoisotopic (exact) mass is 1840 g/mol. The number of alkyl halides is 6. The molecule has 0 fully saturated rings. The number of fused-ring (bicyclic) bond motifs is 1. The van der Waals surface area contributed by atoms with E-state index in [4.69, 9.17) is 60.0 Å². The predicted octanol–water partition coefficient (Wildman–Crippen LogP) is 16.1. The Morgan fingerprint density at radius 2 is 0.579 bits per heavy atom. The van der Waals surface area contributed by atoms with Crippen LogP contribution in [0.5, 0.6) is 17.2 Å². The van der Waals surface area contributed by atoms with Crippen molar-refractivity contribution in [2.24, 2.45) is 0 Å². The maximum absolute atomic E-state index is 15.6. The zero-order valence-electron chi connectivity index (χ0n) is 61.5. The van der Waals surface area contributed by atoms with E-state index in [1.807, 2.05) is 44.2 Å². The number of rotatable bonds is 17. The Morgan fingerprint density at radius 1 is 0.298 bits per heavy atom. The zero-order valence-corrected chi connectivity index (χ0v) is 68.9. The van der Waals surface area contributed by atoms with Crippen LogP contribution in [0.25, 0.3) is 122 Å². The average Bonchev–Trinajstić information content (AvgIpc) is 0.921. The summed E-state index contributed by atoms with van der Waals surface area (Å²) in [5, 5.41) is 0. The molecule has 0 aliphatic rings. The first-order valence-electron chi connectivity index (χ1n) is 33.4. The summed E-state index contributed by atoms with van der Waals surface area (Å²) in [6, 6.07) is 56.2. The van der Waals surface area contributed by atoms with Crippen LogP contribution in [-0.4, -0.2) is 118 Å². The second-order valence-electron chi connectivity index (χ2n) is 25.3. The summed E-state index contributed by atoms with van der Waals surface area (Å²) in [5.74, 6) is -0.949. The number of hydrogen-bond acceptors (Lipinski definition) is 25. The fraction of sp³-hybridized carbons (Fsp3) is 0.0769. The van der Waals surface area contributed by atoms with Crippen molar-refractivity contribution in [3.63, 3.8) is 0 Å². The highest BCUT2D eigenvalue weighted by atomic mass is 32.2. The Balaban J connectivity index is 0.000000957. The summed E-state index contributed by atoms with van der Waals surface area (Å²) < 4.78 is 359. The summed E-state index contributed by atoms with van der Waals surface area (Å²) in [6.07, 6.45) is -9.79. The quantitative estimate of drug-likeness (QED) is 0.0486. The zero-order chi connectivity index (χ0) is 89.3. The maximum atomic E-state index is 15.6. The van der Waals surface area contributed by atoms with Crippen molar-refractivity contribution >= 4 is 106 Å². The van der Waals surface area contributed by atoms with E-state index in [0.29, 0.717) is 55.5 Å². The molecule has 0 spiro atoms. The number of halogens is 6. The Hall–Kier alpha value is -12.2. The van der Waals surface area contributed by atoms with Crippen molar-refractivity contribution in [2.75, 3.05) is 7.11 Å². The van der Waals surface area contributed by atoms with Crippen LogP contribution in [0.15, 0.2) is 250 Å². The van der Waals surface area contributed by atoms with Crippen molar-refractivity contribution in [1.82, 2.24) is 8.75 Å². The van der Waals surface area contributed by atoms with E-state index in [9.17, 15) is 65.1 Å². The Morgan fingerprint density at radius 3 is 0.934 bits per heavy atom. The van der Waals surface area contributed by atoms with E-state index >= 15 is 13.2 Å². The summed E-state index contributed by atoms with van der Waals surface area (Å²) in [4.78, 5) is -5.04. The van der Waals surface area contributed by atoms with Crippen molar-refractivity contribution in [1.29, 1.82) is 0 Å². The van der Waals surface area contributed by atoms with Crippen LogP contribution in [0.3, 0.4) is 0 Å². The fourth-order valence-corrected chi connectivity index (χ4v) is 17.1. The molecular weight excluding hydrogens is 1780 g/mol. The van der Waals surface area contributed by atoms with Crippen LogP contribution in [0, 0.1) is 20.8 Å². The molecule has 0 aliphatic carbocycles. The largest absolute Gasteiger partial charge is 0.496 e. The van der Waals surface area contributed by atoms with Crippen LogP contribution < -0.4 is 9.47 Å². The van der Waals surface area contributed by atoms with Gasteiger partial charge in [-0.3, -0.25) is 18.2 Å². The number of methoxy groups -OCH3 is 1. The highest BCUT2D eigenvalue weighted by Crippen LogP contribution is 2.57. The van der Waals surface area contributed by atoms with Gasteiger partial charge >= 0.3 is 54.8 Å². The average molecular weight is 1840 g/mol. The smallest absolute Gasteiger partial charge is 0.425 e. The number of hydrogen-bond donors (Lipinski definition) is 4. The lowest BCUT2D eigenvalue weighted by atomic mass is 9.74. The SMILES string of the molecule is COc1ccc(-c2ccc(-c3ccc(Oc4ccc(-c5ccc(-c6c(-c7ccc(S(=O)(=O)O)c(S(=O)(=O)O)c7)c(-c7ccccc7)c(-c7ccc(-c8ccc(C)c(C)c8)cc7)c(-c7ccccc7)c6-c6ccc(S(=O)(=O)O)c(S(=O)(=O)O)c6)cc5)cc4C(F)(F)F)c(C)c3)c3nsnc23)cc1C(F)(F)F.O=S(=O)=O.O=S(=O)=O.O=S(=O)=O.O=S(=O)=O. The lowest BCUT2D eigenvalue weighted by Gasteiger charge is -2.29. The molecule has 1 aromatic heterocycles. The number of aryl methyl sites for hydroxylation is 3. The topological polar surface area (TPSA) is 467 Å². The number of nitrogens with zero attached hydrogens (tertiary/aromatic N) is 2. The van der Waals surface area contributed by atoms with Crippen molar-refractivity contribution in [3.8, 4) is 129 Å². The number of benzene rings is 12. The minimum absolute atomic E-state index is 0.00106. The maximum Gasteiger partial charge on any atom is 0.425 e. The number of ether oxygens (including phenoxy) is 2. The van der Waals surface area contributed by atoms with Gasteiger partial charge in [-0.15, -0.1) is 50.5 Å². The van der Waals surface area contributed by atoms with Gasteiger partial charge in [0.25, 0.3) is 40.5 Å². The minimum atomic E-state index is -5.59. The predicted molar refractivity (Wildman–Crippen MR) is 427 cm³/mol. The molecule has 12 aromatic carbocycles. The molecule has 28 nitrogen and oxygen atoms in total. The molecule has 0 bridgehead atoms. The first-order chi connectivity index (χ1) is 56.5. The van der Waals surface area contributed by atoms with Gasteiger partial charge in [-0.05, 0) is 198 Å². The van der Waals surface area contributed by atoms with Gasteiger partial charge in [-0.2, -0.15) is 68.8 Å². The lowest BCUT2D eigenvalue weighted by molar-refractivity contribution is -0.139. The molecule has 0 atom stereocenters. The van der Waals surface area contributed by atoms with Gasteiger partial charge in [0.1, 0.15) is 47.9 Å². The van der Waals surface area contributed by atoms with E-state index in [1.54, 1.807) is 104 Å². The van der Waals surface area contributed by atoms with Crippen LogP contribution in [0.1, 0.15) is 27.8 Å². The van der Waals surface area contributed by atoms with Crippen molar-refractivity contribution in [3.05, 3.63) is 258 Å². The van der Waals surface area contributed by atoms with Gasteiger partial charge in [0.15, 0.2) is 0 Å². The molecule has 43 heteroatoms. The van der Waals surface area contributed by atoms with Crippen LogP contribution in [0.4, 0.5) is 26.3 Å². The molecule has 13 rings (SSSR count). The molecule has 0 aliphatic heterocycles. The third kappa shape index (κ3) is 22.6. The first-order valence-corrected chi connectivity index (χ1v) is 43.9. The molecule has 628 valence electrons. The second kappa shape index (κ2) is 37.6. The Labute approximate surface area is 694 Å². The van der Waals surface area contributed by atoms with Gasteiger partial charge in [-0.25, -0.2) is 0 Å². The molecule has 1 heterocycles. The summed E-state index contributed by atoms with van der Waals surface area (Å²) in [7, 11) is -33.4. The van der Waals surface area contributed by atoms with Crippen LogP contribution in [0.2, 0.25) is 0 Å². The van der Waals surface area contributed by atoms with E-state index in [2.05, 4.69) is 8.75 Å². The third-order valence-electron chi connectivity index (χ3n) is 17.9. The highest BCUT2D eigenvalue weighted by molar-refractivity contribution is 7.89. The molecule has 0 radical (unpaired) electrons. The highest BCUT2D eigenvalue weighted by Gasteiger charge is 2.38. The van der Waals surface area contributed by atoms with Crippen LogP contribution in [-0.2, 0) is 95.3 Å². The molecule has 121 heavy (non-hydrogen) atoms. The number of aromatic nitrogens is 2. The van der Waals surface area contributed by atoms with Gasteiger partial charge in [0, 0.05) is 11.1 Å². The van der Waals surface area contributed by atoms with Gasteiger partial charge < -0.3 is 9.47 Å². The van der Waals surface area contributed by atoms with E-state index < -0.39 is 132 Å². The van der Waals surface area contributed by atoms with E-state index in [0.717, 1.165) is 95.7 Å². The summed E-state index contributed by atoms with van der Waals surface area (Å²) in [5.41, 5.74) is 5.93. The Kier molecular flexibility index (Phi) is 28.8. The van der Waals surface area contributed by atoms with Gasteiger partial charge in [0.2, 0.25) is 0 Å². The molecular formula is C78H54F6N2O26S9. The van der Waals surface area contributed by atoms with Crippen molar-refractivity contribution < 1.29 is 138 Å². The van der Waals surface area contributed by atoms with E-state index in [-0.39, 0.29) is 72.7 Å². The third-order valence-corrected chi connectivity index (χ3v) is 22.3. The molecule has 0 saturated heterocycles. The molecule has 13 aromatic rings. The normalized spacial score (nSPS) is 11.6. The Bertz CT molecular complexity index is 6930. The first kappa shape index (κ1) is 92.6. The van der Waals surface area contributed by atoms with E-state index in [1.165, 1.54) is 48.5 Å². The fourth-order valence-electron chi connectivity index (χ4n) is 12.9. The minimum Gasteiger partial charge on any atom is -0.496 e. The lowest BCUT2D eigenvalue weighted by Crippen LogP contribution is -2.10. The van der Waals surface area contributed by atoms with Gasteiger partial charge in [0.05, 0.1) is 30.0 Å². The molecule has 0 saturated carbocycles. The van der Waals surface area contributed by atoms with Crippen molar-refractivity contribution in [2.45, 2.75) is 52.7 Å². The van der Waals surface area contributed by atoms with Gasteiger partial charge in [-0.1, -0.05) is 170 Å². The summed E-state index contributed by atoms with van der Waals surface area (Å²) in [6.45, 7) is 5.52. The molecule has 0 amide bonds.